The molecular weight excluding hydrogens is 344 g/mol. The topological polar surface area (TPSA) is 0 Å². The molecule has 4 rings (SSSR count). The van der Waals surface area contributed by atoms with Gasteiger partial charge >= 0.3 is 0 Å². The first-order chi connectivity index (χ1) is 11.3. The Labute approximate surface area is 144 Å². The maximum Gasteiger partial charge on any atom is 0.0332 e. The van der Waals surface area contributed by atoms with Crippen molar-refractivity contribution in [1.82, 2.24) is 0 Å². The van der Waals surface area contributed by atoms with E-state index in [1.807, 2.05) is 6.07 Å². The summed E-state index contributed by atoms with van der Waals surface area (Å²) in [5, 5.41) is 5.04. The lowest BCUT2D eigenvalue weighted by molar-refractivity contribution is 1.66. The zero-order chi connectivity index (χ0) is 15.6. The van der Waals surface area contributed by atoms with Crippen LogP contribution in [0.1, 0.15) is 11.1 Å². The van der Waals surface area contributed by atoms with Crippen LogP contribution in [0, 0.1) is 0 Å². The summed E-state index contributed by atoms with van der Waals surface area (Å²) >= 11 is 3.79. The van der Waals surface area contributed by atoms with Gasteiger partial charge in [-0.05, 0) is 48.6 Å². The summed E-state index contributed by atoms with van der Waals surface area (Å²) in [6, 6.07) is 27.5. The highest BCUT2D eigenvalue weighted by Gasteiger charge is 2.09. The summed E-state index contributed by atoms with van der Waals surface area (Å²) in [7, 11) is 0. The van der Waals surface area contributed by atoms with Gasteiger partial charge in [-0.1, -0.05) is 91.0 Å². The Morgan fingerprint density at radius 1 is 0.522 bits per heavy atom. The summed E-state index contributed by atoms with van der Waals surface area (Å²) in [5.74, 6) is 0. The summed E-state index contributed by atoms with van der Waals surface area (Å²) in [5.41, 5.74) is 2.48. The third-order valence-electron chi connectivity index (χ3n) is 4.15. The van der Waals surface area contributed by atoms with Crippen molar-refractivity contribution in [3.05, 3.63) is 94.5 Å². The average molecular weight is 359 g/mol. The van der Waals surface area contributed by atoms with Gasteiger partial charge in [-0.2, -0.15) is 0 Å². The molecule has 0 N–H and O–H groups in total. The van der Waals surface area contributed by atoms with Crippen LogP contribution in [0.15, 0.2) is 83.3 Å². The quantitative estimate of drug-likeness (QED) is 0.269. The van der Waals surface area contributed by atoms with Crippen LogP contribution < -0.4 is 0 Å². The molecule has 4 aromatic rings. The highest BCUT2D eigenvalue weighted by Crippen LogP contribution is 2.37. The van der Waals surface area contributed by atoms with Gasteiger partial charge in [-0.15, -0.1) is 0 Å². The predicted octanol–water partition coefficient (Wildman–Crippen LogP) is 6.93. The summed E-state index contributed by atoms with van der Waals surface area (Å²) in [6.45, 7) is 0. The van der Waals surface area contributed by atoms with E-state index < -0.39 is 0 Å². The fourth-order valence-electron chi connectivity index (χ4n) is 3.03. The molecule has 0 bridgehead atoms. The molecule has 0 unspecified atom stereocenters. The number of hydrogen-bond donors (Lipinski definition) is 0. The fraction of sp³-hybridized carbons (Fsp3) is 0. The normalized spacial score (nSPS) is 11.5. The first kappa shape index (κ1) is 14.2. The third-order valence-corrected chi connectivity index (χ3v) is 5.00. The van der Waals surface area contributed by atoms with E-state index in [1.165, 1.54) is 37.1 Å². The Morgan fingerprint density at radius 3 is 1.57 bits per heavy atom. The van der Waals surface area contributed by atoms with E-state index in [2.05, 4.69) is 101 Å². The molecule has 0 atom stereocenters. The molecule has 23 heavy (non-hydrogen) atoms. The van der Waals surface area contributed by atoms with Crippen LogP contribution in [-0.2, 0) is 0 Å². The van der Waals surface area contributed by atoms with E-state index >= 15 is 0 Å². The fourth-order valence-corrected chi connectivity index (χ4v) is 3.72. The molecule has 0 aliphatic carbocycles. The van der Waals surface area contributed by atoms with Crippen molar-refractivity contribution in [2.45, 2.75) is 0 Å². The van der Waals surface area contributed by atoms with Crippen molar-refractivity contribution in [2.24, 2.45) is 0 Å². The Balaban J connectivity index is 2.03. The van der Waals surface area contributed by atoms with Crippen molar-refractivity contribution in [1.29, 1.82) is 0 Å². The Bertz CT molecular complexity index is 957. The van der Waals surface area contributed by atoms with Gasteiger partial charge in [-0.25, -0.2) is 0 Å². The molecule has 110 valence electrons. The first-order valence-corrected chi connectivity index (χ1v) is 8.46. The van der Waals surface area contributed by atoms with Crippen LogP contribution in [0.4, 0.5) is 0 Å². The number of halogens is 1. The second-order valence-corrected chi connectivity index (χ2v) is 6.36. The van der Waals surface area contributed by atoms with Gasteiger partial charge in [0, 0.05) is 4.47 Å². The standard InChI is InChI=1S/C22H15Br/c23-22-20-12-6-4-10-17(20)19(18-11-5-7-13-21(18)22)15-14-16-8-2-1-3-9-16/h1-15H/b15-14+. The maximum absolute atomic E-state index is 3.79. The van der Waals surface area contributed by atoms with E-state index in [0.717, 1.165) is 0 Å². The second kappa shape index (κ2) is 6.02. The minimum absolute atomic E-state index is 1.17. The lowest BCUT2D eigenvalue weighted by Gasteiger charge is -2.11. The largest absolute Gasteiger partial charge is 0.0622 e. The van der Waals surface area contributed by atoms with Gasteiger partial charge in [0.05, 0.1) is 0 Å². The molecule has 0 radical (unpaired) electrons. The van der Waals surface area contributed by atoms with Crippen molar-refractivity contribution in [3.8, 4) is 0 Å². The summed E-state index contributed by atoms with van der Waals surface area (Å²) < 4.78 is 1.17. The van der Waals surface area contributed by atoms with Gasteiger partial charge in [0.25, 0.3) is 0 Å². The van der Waals surface area contributed by atoms with E-state index in [-0.39, 0.29) is 0 Å². The van der Waals surface area contributed by atoms with Crippen LogP contribution in [-0.4, -0.2) is 0 Å². The number of hydrogen-bond acceptors (Lipinski definition) is 0. The maximum atomic E-state index is 3.79. The molecule has 0 aliphatic heterocycles. The molecule has 0 aromatic heterocycles. The molecule has 0 fully saturated rings. The molecule has 0 nitrogen and oxygen atoms in total. The van der Waals surface area contributed by atoms with Crippen LogP contribution in [0.25, 0.3) is 33.7 Å². The van der Waals surface area contributed by atoms with E-state index in [9.17, 15) is 0 Å². The molecule has 0 saturated carbocycles. The molecule has 0 amide bonds. The van der Waals surface area contributed by atoms with Gasteiger partial charge in [0.1, 0.15) is 0 Å². The first-order valence-electron chi connectivity index (χ1n) is 7.67. The molecule has 0 saturated heterocycles. The van der Waals surface area contributed by atoms with Crippen LogP contribution >= 0.6 is 15.9 Å². The number of fused-ring (bicyclic) bond motifs is 2. The second-order valence-electron chi connectivity index (χ2n) is 5.56. The molecular formula is C22H15Br. The van der Waals surface area contributed by atoms with Gasteiger partial charge in [0.15, 0.2) is 0 Å². The van der Waals surface area contributed by atoms with Crippen molar-refractivity contribution < 1.29 is 0 Å². The van der Waals surface area contributed by atoms with Gasteiger partial charge in [0.2, 0.25) is 0 Å². The monoisotopic (exact) mass is 358 g/mol. The molecule has 0 heterocycles. The number of benzene rings is 4. The smallest absolute Gasteiger partial charge is 0.0332 e. The van der Waals surface area contributed by atoms with Crippen LogP contribution in [0.5, 0.6) is 0 Å². The van der Waals surface area contributed by atoms with Crippen molar-refractivity contribution in [3.63, 3.8) is 0 Å². The van der Waals surface area contributed by atoms with E-state index in [0.29, 0.717) is 0 Å². The molecule has 4 aromatic carbocycles. The third kappa shape index (κ3) is 2.58. The molecule has 0 spiro atoms. The number of rotatable bonds is 2. The molecule has 0 aliphatic rings. The Hall–Kier alpha value is -2.38. The lowest BCUT2D eigenvalue weighted by atomic mass is 9.96. The Morgan fingerprint density at radius 2 is 1.00 bits per heavy atom. The zero-order valence-electron chi connectivity index (χ0n) is 12.5. The Kier molecular flexibility index (Phi) is 3.72. The van der Waals surface area contributed by atoms with Gasteiger partial charge in [-0.3, -0.25) is 0 Å². The van der Waals surface area contributed by atoms with Crippen LogP contribution in [0.3, 0.4) is 0 Å². The zero-order valence-corrected chi connectivity index (χ0v) is 14.1. The highest BCUT2D eigenvalue weighted by atomic mass is 79.9. The summed E-state index contributed by atoms with van der Waals surface area (Å²) in [6.07, 6.45) is 4.41. The lowest BCUT2D eigenvalue weighted by Crippen LogP contribution is -1.85. The van der Waals surface area contributed by atoms with E-state index in [4.69, 9.17) is 0 Å². The van der Waals surface area contributed by atoms with Crippen molar-refractivity contribution in [2.75, 3.05) is 0 Å². The minimum Gasteiger partial charge on any atom is -0.0622 e. The highest BCUT2D eigenvalue weighted by molar-refractivity contribution is 9.10. The minimum atomic E-state index is 1.17. The van der Waals surface area contributed by atoms with Crippen molar-refractivity contribution >= 4 is 49.6 Å². The predicted molar refractivity (Wildman–Crippen MR) is 105 cm³/mol. The van der Waals surface area contributed by atoms with Crippen LogP contribution in [0.2, 0.25) is 0 Å². The van der Waals surface area contributed by atoms with E-state index in [1.54, 1.807) is 0 Å². The van der Waals surface area contributed by atoms with Gasteiger partial charge < -0.3 is 0 Å². The molecule has 1 heteroatoms. The SMILES string of the molecule is Brc1c2ccccc2c(/C=C/c2ccccc2)c2ccccc12. The average Bonchev–Trinajstić information content (AvgIpc) is 2.63. The summed E-state index contributed by atoms with van der Waals surface area (Å²) in [4.78, 5) is 0.